The Balaban J connectivity index is 1.48. The number of amides is 1. The molecule has 8 heteroatoms. The maximum absolute atomic E-state index is 13.3. The maximum atomic E-state index is 13.3. The third-order valence-electron chi connectivity index (χ3n) is 6.95. The van der Waals surface area contributed by atoms with Crippen molar-refractivity contribution in [1.82, 2.24) is 10.2 Å². The van der Waals surface area contributed by atoms with Gasteiger partial charge in [0.1, 0.15) is 0 Å². The molecule has 2 saturated heterocycles. The summed E-state index contributed by atoms with van der Waals surface area (Å²) >= 11 is 0. The van der Waals surface area contributed by atoms with E-state index in [4.69, 9.17) is 5.11 Å². The fourth-order valence-corrected chi connectivity index (χ4v) is 5.15. The first-order valence-electron chi connectivity index (χ1n) is 11.2. The molecule has 1 unspecified atom stereocenters. The minimum absolute atomic E-state index is 0.0916. The van der Waals surface area contributed by atoms with E-state index in [2.05, 4.69) is 10.2 Å². The summed E-state index contributed by atoms with van der Waals surface area (Å²) in [5.41, 5.74) is 1.07. The first-order valence-corrected chi connectivity index (χ1v) is 11.2. The van der Waals surface area contributed by atoms with E-state index in [1.165, 1.54) is 24.3 Å². The van der Waals surface area contributed by atoms with E-state index in [1.54, 1.807) is 12.1 Å². The molecule has 5 rings (SSSR count). The summed E-state index contributed by atoms with van der Waals surface area (Å²) < 4.78 is 38.7. The normalized spacial score (nSPS) is 23.8. The van der Waals surface area contributed by atoms with Crippen LogP contribution in [0.4, 0.5) is 13.2 Å². The van der Waals surface area contributed by atoms with Gasteiger partial charge in [0, 0.05) is 12.6 Å². The summed E-state index contributed by atoms with van der Waals surface area (Å²) in [4.78, 5) is 26.5. The van der Waals surface area contributed by atoms with Crippen molar-refractivity contribution in [3.8, 4) is 0 Å². The second kappa shape index (κ2) is 9.17. The van der Waals surface area contributed by atoms with Crippen LogP contribution in [0, 0.1) is 5.92 Å². The van der Waals surface area contributed by atoms with E-state index in [0.29, 0.717) is 6.54 Å². The van der Waals surface area contributed by atoms with Crippen molar-refractivity contribution in [3.63, 3.8) is 0 Å². The average molecular weight is 460 g/mol. The topological polar surface area (TPSA) is 69.6 Å². The SMILES string of the molecule is C[C@H](NC(=O)C1C2CCC(CC2)N1Cc1ccc(C(F)(F)F)cc1)c1ccc(C(=O)O)cc1. The minimum Gasteiger partial charge on any atom is -0.478 e. The molecule has 2 heterocycles. The van der Waals surface area contributed by atoms with Crippen LogP contribution in [0.2, 0.25) is 0 Å². The Morgan fingerprint density at radius 3 is 2.18 bits per heavy atom. The van der Waals surface area contributed by atoms with Gasteiger partial charge in [-0.3, -0.25) is 9.69 Å². The Hall–Kier alpha value is -2.87. The number of hydrogen-bond donors (Lipinski definition) is 2. The Labute approximate surface area is 190 Å². The van der Waals surface area contributed by atoms with Gasteiger partial charge in [-0.25, -0.2) is 4.79 Å². The van der Waals surface area contributed by atoms with Gasteiger partial charge in [0.2, 0.25) is 5.91 Å². The molecule has 2 aliphatic heterocycles. The van der Waals surface area contributed by atoms with Crippen molar-refractivity contribution in [2.75, 3.05) is 0 Å². The molecule has 2 N–H and O–H groups in total. The number of fused-ring (bicyclic) bond motifs is 3. The molecule has 0 spiro atoms. The van der Waals surface area contributed by atoms with Gasteiger partial charge >= 0.3 is 12.1 Å². The average Bonchev–Trinajstić information content (AvgIpc) is 2.79. The van der Waals surface area contributed by atoms with Gasteiger partial charge in [0.15, 0.2) is 0 Å². The first kappa shape index (κ1) is 23.3. The van der Waals surface area contributed by atoms with Crippen molar-refractivity contribution in [2.45, 2.75) is 63.5 Å². The van der Waals surface area contributed by atoms with E-state index in [1.807, 2.05) is 6.92 Å². The number of halogens is 3. The van der Waals surface area contributed by atoms with E-state index in [-0.39, 0.29) is 35.5 Å². The van der Waals surface area contributed by atoms with Crippen LogP contribution in [0.1, 0.15) is 65.7 Å². The Bertz CT molecular complexity index is 997. The smallest absolute Gasteiger partial charge is 0.416 e. The van der Waals surface area contributed by atoms with Crippen molar-refractivity contribution in [2.24, 2.45) is 5.92 Å². The van der Waals surface area contributed by atoms with Gasteiger partial charge in [0.25, 0.3) is 0 Å². The third-order valence-corrected chi connectivity index (χ3v) is 6.95. The van der Waals surface area contributed by atoms with Crippen LogP contribution in [-0.2, 0) is 17.5 Å². The van der Waals surface area contributed by atoms with E-state index >= 15 is 0 Å². The molecular weight excluding hydrogens is 433 g/mol. The number of carbonyl (C=O) groups is 2. The van der Waals surface area contributed by atoms with Crippen LogP contribution < -0.4 is 5.32 Å². The second-order valence-corrected chi connectivity index (χ2v) is 9.04. The predicted octanol–water partition coefficient (Wildman–Crippen LogP) is 5.02. The van der Waals surface area contributed by atoms with E-state index < -0.39 is 17.7 Å². The molecular formula is C25H27F3N2O3. The lowest BCUT2D eigenvalue weighted by Gasteiger charge is -2.50. The van der Waals surface area contributed by atoms with Crippen LogP contribution in [0.5, 0.6) is 0 Å². The molecule has 176 valence electrons. The first-order chi connectivity index (χ1) is 15.6. The minimum atomic E-state index is -4.37. The fraction of sp³-hybridized carbons (Fsp3) is 0.440. The lowest BCUT2D eigenvalue weighted by atomic mass is 9.74. The van der Waals surface area contributed by atoms with E-state index in [0.717, 1.165) is 48.9 Å². The summed E-state index contributed by atoms with van der Waals surface area (Å²) in [7, 11) is 0. The molecule has 3 fully saturated rings. The molecule has 33 heavy (non-hydrogen) atoms. The summed E-state index contributed by atoms with van der Waals surface area (Å²) in [6, 6.07) is 11.2. The zero-order valence-electron chi connectivity index (χ0n) is 18.3. The Kier molecular flexibility index (Phi) is 6.47. The number of nitrogens with zero attached hydrogens (tertiary/aromatic N) is 1. The Morgan fingerprint density at radius 1 is 1.03 bits per heavy atom. The van der Waals surface area contributed by atoms with Crippen molar-refractivity contribution in [1.29, 1.82) is 0 Å². The molecule has 1 amide bonds. The number of alkyl halides is 3. The van der Waals surface area contributed by atoms with Crippen LogP contribution in [-0.4, -0.2) is 34.0 Å². The number of rotatable bonds is 6. The van der Waals surface area contributed by atoms with Gasteiger partial charge in [-0.2, -0.15) is 13.2 Å². The number of carboxylic acids is 1. The number of piperidine rings is 2. The van der Waals surface area contributed by atoms with Gasteiger partial charge in [-0.15, -0.1) is 0 Å². The van der Waals surface area contributed by atoms with Crippen LogP contribution in [0.3, 0.4) is 0 Å². The zero-order chi connectivity index (χ0) is 23.8. The third kappa shape index (κ3) is 5.05. The summed E-state index contributed by atoms with van der Waals surface area (Å²) in [6.07, 6.45) is -0.464. The van der Waals surface area contributed by atoms with Crippen LogP contribution >= 0.6 is 0 Å². The molecule has 2 atom stereocenters. The number of carboxylic acid groups (broad SMARTS) is 1. The molecule has 1 saturated carbocycles. The number of aromatic carboxylic acids is 1. The van der Waals surface area contributed by atoms with Crippen LogP contribution in [0.15, 0.2) is 48.5 Å². The number of nitrogens with one attached hydrogen (secondary N) is 1. The number of carbonyl (C=O) groups excluding carboxylic acids is 1. The highest BCUT2D eigenvalue weighted by atomic mass is 19.4. The van der Waals surface area contributed by atoms with Crippen LogP contribution in [0.25, 0.3) is 0 Å². The summed E-state index contributed by atoms with van der Waals surface area (Å²) in [6.45, 7) is 2.29. The molecule has 2 aromatic carbocycles. The summed E-state index contributed by atoms with van der Waals surface area (Å²) in [5, 5.41) is 12.1. The molecule has 2 bridgehead atoms. The highest BCUT2D eigenvalue weighted by Crippen LogP contribution is 2.41. The number of benzene rings is 2. The largest absolute Gasteiger partial charge is 0.478 e. The van der Waals surface area contributed by atoms with Crippen molar-refractivity contribution in [3.05, 3.63) is 70.8 Å². The summed E-state index contributed by atoms with van der Waals surface area (Å²) in [5.74, 6) is -0.882. The number of hydrogen-bond acceptors (Lipinski definition) is 3. The van der Waals surface area contributed by atoms with Gasteiger partial charge < -0.3 is 10.4 Å². The Morgan fingerprint density at radius 2 is 1.64 bits per heavy atom. The van der Waals surface area contributed by atoms with Crippen molar-refractivity contribution >= 4 is 11.9 Å². The molecule has 2 aromatic rings. The lowest BCUT2D eigenvalue weighted by molar-refractivity contribution is -0.137. The standard InChI is InChI=1S/C25H27F3N2O3/c1-15(17-4-6-19(7-5-17)24(32)33)29-23(31)22-18-8-12-21(13-9-18)30(22)14-16-2-10-20(11-3-16)25(26,27)28/h2-7,10-11,15,18,21-22H,8-9,12-14H2,1H3,(H,29,31)(H,32,33)/t15-,18?,21?,22?/m0/s1. The zero-order valence-corrected chi connectivity index (χ0v) is 18.3. The molecule has 0 radical (unpaired) electrons. The monoisotopic (exact) mass is 460 g/mol. The molecule has 5 nitrogen and oxygen atoms in total. The fourth-order valence-electron chi connectivity index (χ4n) is 5.15. The lowest BCUT2D eigenvalue weighted by Crippen LogP contribution is -2.60. The van der Waals surface area contributed by atoms with Crippen molar-refractivity contribution < 1.29 is 27.9 Å². The molecule has 0 aromatic heterocycles. The highest BCUT2D eigenvalue weighted by molar-refractivity contribution is 5.87. The van der Waals surface area contributed by atoms with Gasteiger partial charge in [-0.1, -0.05) is 24.3 Å². The quantitative estimate of drug-likeness (QED) is 0.635. The second-order valence-electron chi connectivity index (χ2n) is 9.04. The maximum Gasteiger partial charge on any atom is 0.416 e. The van der Waals surface area contributed by atoms with E-state index in [9.17, 15) is 22.8 Å². The van der Waals surface area contributed by atoms with Gasteiger partial charge in [0.05, 0.1) is 23.2 Å². The molecule has 3 aliphatic rings. The highest BCUT2D eigenvalue weighted by Gasteiger charge is 2.45. The predicted molar refractivity (Wildman–Crippen MR) is 116 cm³/mol. The molecule has 1 aliphatic carbocycles. The van der Waals surface area contributed by atoms with Gasteiger partial charge in [-0.05, 0) is 73.9 Å².